The number of rotatable bonds is 5. The number of halogens is 3. The van der Waals surface area contributed by atoms with E-state index in [-0.39, 0.29) is 30.1 Å². The molecule has 2 N–H and O–H groups in total. The highest BCUT2D eigenvalue weighted by Crippen LogP contribution is 2.37. The minimum atomic E-state index is -0.810. The Labute approximate surface area is 340 Å². The zero-order valence-electron chi connectivity index (χ0n) is 32.9. The number of amides is 1. The summed E-state index contributed by atoms with van der Waals surface area (Å²) in [5.41, 5.74) is 2.66. The number of carbonyl (C=O) groups excluding carboxylic acids is 1. The van der Waals surface area contributed by atoms with Crippen molar-refractivity contribution in [3.63, 3.8) is 0 Å². The number of anilines is 3. The van der Waals surface area contributed by atoms with Gasteiger partial charge in [0, 0.05) is 70.0 Å². The third kappa shape index (κ3) is 6.59. The van der Waals surface area contributed by atoms with Gasteiger partial charge in [0.1, 0.15) is 40.8 Å². The van der Waals surface area contributed by atoms with E-state index in [4.69, 9.17) is 19.7 Å². The lowest BCUT2D eigenvalue weighted by Gasteiger charge is -2.33. The van der Waals surface area contributed by atoms with Gasteiger partial charge in [0.25, 0.3) is 0 Å². The smallest absolute Gasteiger partial charge is 0.245 e. The number of hydrogen-bond acceptors (Lipinski definition) is 13. The summed E-state index contributed by atoms with van der Waals surface area (Å²) in [6.45, 7) is 3.88. The summed E-state index contributed by atoms with van der Waals surface area (Å²) in [6, 6.07) is 10.7. The van der Waals surface area contributed by atoms with Crippen LogP contribution < -0.4 is 15.1 Å². The second-order valence-electron chi connectivity index (χ2n) is 15.6. The van der Waals surface area contributed by atoms with E-state index in [1.54, 1.807) is 25.3 Å². The Kier molecular flexibility index (Phi) is 9.29. The molecule has 3 atom stereocenters. The molecular formula is C40H40F3N15O2. The first-order valence-corrected chi connectivity index (χ1v) is 19.8. The number of ether oxygens (including phenoxy) is 1. The van der Waals surface area contributed by atoms with Gasteiger partial charge in [0.05, 0.1) is 41.0 Å². The first kappa shape index (κ1) is 37.6. The first-order valence-electron chi connectivity index (χ1n) is 19.8. The third-order valence-corrected chi connectivity index (χ3v) is 11.8. The minimum Gasteiger partial charge on any atom is -0.378 e. The fraction of sp³-hybridized carbons (Fsp3) is 0.375. The summed E-state index contributed by atoms with van der Waals surface area (Å²) < 4.78 is 54.0. The molecule has 2 fully saturated rings. The molecular weight excluding hydrogens is 780 g/mol. The Morgan fingerprint density at radius 2 is 1.78 bits per heavy atom. The number of imidazole rings is 1. The molecule has 308 valence electrons. The van der Waals surface area contributed by atoms with Gasteiger partial charge < -0.3 is 29.3 Å². The molecule has 0 spiro atoms. The van der Waals surface area contributed by atoms with Gasteiger partial charge in [0.2, 0.25) is 11.9 Å². The number of fused-ring (bicyclic) bond motifs is 6. The maximum atomic E-state index is 15.4. The van der Waals surface area contributed by atoms with Crippen LogP contribution in [-0.2, 0) is 16.1 Å². The van der Waals surface area contributed by atoms with E-state index in [2.05, 4.69) is 36.0 Å². The number of nitrogens with zero attached hydrogens (tertiary/aromatic N) is 13. The van der Waals surface area contributed by atoms with E-state index in [0.717, 1.165) is 11.6 Å². The van der Waals surface area contributed by atoms with Crippen LogP contribution in [0, 0.1) is 24.4 Å². The van der Waals surface area contributed by atoms with E-state index in [0.29, 0.717) is 102 Å². The monoisotopic (exact) mass is 819 g/mol. The number of piperidine rings is 1. The summed E-state index contributed by atoms with van der Waals surface area (Å²) in [5, 5.41) is 23.2. The second-order valence-corrected chi connectivity index (χ2v) is 15.6. The molecule has 4 bridgehead atoms. The van der Waals surface area contributed by atoms with Crippen LogP contribution in [0.1, 0.15) is 36.8 Å². The van der Waals surface area contributed by atoms with Crippen LogP contribution in [-0.4, -0.2) is 124 Å². The normalized spacial score (nSPS) is 20.2. The van der Waals surface area contributed by atoms with Gasteiger partial charge in [-0.2, -0.15) is 20.3 Å². The number of aromatic nitrogens is 11. The largest absolute Gasteiger partial charge is 0.378 e. The van der Waals surface area contributed by atoms with E-state index < -0.39 is 29.6 Å². The molecule has 0 radical (unpaired) electrons. The predicted molar refractivity (Wildman–Crippen MR) is 214 cm³/mol. The molecule has 10 rings (SSSR count). The number of tetrazole rings is 1. The van der Waals surface area contributed by atoms with Gasteiger partial charge >= 0.3 is 0 Å². The van der Waals surface area contributed by atoms with E-state index >= 15 is 8.78 Å². The molecule has 1 amide bonds. The maximum absolute atomic E-state index is 15.4. The van der Waals surface area contributed by atoms with Crippen molar-refractivity contribution in [3.05, 3.63) is 83.8 Å². The fourth-order valence-electron chi connectivity index (χ4n) is 8.86. The Hall–Kier alpha value is -6.70. The van der Waals surface area contributed by atoms with E-state index in [9.17, 15) is 9.18 Å². The van der Waals surface area contributed by atoms with Gasteiger partial charge in [-0.15, -0.1) is 10.2 Å². The minimum absolute atomic E-state index is 0.0102. The van der Waals surface area contributed by atoms with Crippen molar-refractivity contribution >= 4 is 45.6 Å². The number of nitrogens with one attached hydrogen (secondary N) is 2. The average molecular weight is 820 g/mol. The number of hydrogen-bond donors (Lipinski definition) is 2. The van der Waals surface area contributed by atoms with Crippen LogP contribution in [0.5, 0.6) is 0 Å². The number of carbonyl (C=O) groups is 1. The van der Waals surface area contributed by atoms with Crippen molar-refractivity contribution in [3.8, 4) is 16.9 Å². The van der Waals surface area contributed by atoms with Gasteiger partial charge in [-0.25, -0.2) is 27.8 Å². The van der Waals surface area contributed by atoms with Crippen molar-refractivity contribution in [2.24, 2.45) is 0 Å². The maximum Gasteiger partial charge on any atom is 0.245 e. The van der Waals surface area contributed by atoms with Crippen LogP contribution in [0.4, 0.5) is 30.8 Å². The van der Waals surface area contributed by atoms with Crippen LogP contribution in [0.25, 0.3) is 39.0 Å². The molecule has 17 nitrogen and oxygen atoms in total. The first-order chi connectivity index (χ1) is 29.1. The summed E-state index contributed by atoms with van der Waals surface area (Å²) >= 11 is 0. The standard InChI is InChI=1S/C40H40F3N15O2/c1-21-45-31-15-24(42)13-27-30-5-4-6-34(47-30)46-25-16-33(39(59)54(2)19-26(60-3)20-56(21)35(27)31)57(18-25)37-28-17-44-58(32-8-7-23(41)14-29(32)43)38(28)49-40(48-37)55-11-9-22(10-12-55)36-50-52-53-51-36/h4-8,13-15,17,22,25-26,33H,9-12,16,18-20H2,1-3H3,(H,46,47)(H,50,51,52,53)/t25-,26-,33-/m0/s1. The van der Waals surface area contributed by atoms with Gasteiger partial charge in [0.15, 0.2) is 17.3 Å². The molecule has 0 unspecified atom stereocenters. The Morgan fingerprint density at radius 3 is 2.57 bits per heavy atom. The molecule has 20 heteroatoms. The molecule has 8 heterocycles. The highest BCUT2D eigenvalue weighted by atomic mass is 19.1. The lowest BCUT2D eigenvalue weighted by molar-refractivity contribution is -0.132. The van der Waals surface area contributed by atoms with Crippen molar-refractivity contribution in [2.75, 3.05) is 55.5 Å². The highest BCUT2D eigenvalue weighted by molar-refractivity contribution is 5.94. The molecule has 2 saturated heterocycles. The molecule has 0 aliphatic carbocycles. The fourth-order valence-corrected chi connectivity index (χ4v) is 8.86. The van der Waals surface area contributed by atoms with Crippen molar-refractivity contribution in [2.45, 2.75) is 56.8 Å². The van der Waals surface area contributed by atoms with Crippen LogP contribution in [0.2, 0.25) is 0 Å². The van der Waals surface area contributed by atoms with Crippen LogP contribution in [0.15, 0.2) is 54.7 Å². The number of benzene rings is 2. The van der Waals surface area contributed by atoms with E-state index in [1.807, 2.05) is 39.5 Å². The zero-order chi connectivity index (χ0) is 41.2. The summed E-state index contributed by atoms with van der Waals surface area (Å²) in [4.78, 5) is 40.2. The van der Waals surface area contributed by atoms with E-state index in [1.165, 1.54) is 28.9 Å². The number of pyridine rings is 1. The number of H-pyrrole nitrogens is 1. The third-order valence-electron chi connectivity index (χ3n) is 11.8. The van der Waals surface area contributed by atoms with Crippen molar-refractivity contribution in [1.82, 2.24) is 59.8 Å². The quantitative estimate of drug-likeness (QED) is 0.250. The lowest BCUT2D eigenvalue weighted by atomic mass is 9.96. The number of methoxy groups -OCH3 is 1. The molecule has 60 heavy (non-hydrogen) atoms. The van der Waals surface area contributed by atoms with Crippen molar-refractivity contribution in [1.29, 1.82) is 0 Å². The SMILES string of the molecule is CO[C@H]1CN(C)C(=O)[C@@H]2C[C@@H](CN2c2nc(N3CCC(c4nn[nH]n4)CC3)nc3c2cnn3-c2ccc(F)cc2F)Nc2cccc(n2)-c2cc(F)cc3nc(C)n(c23)C1. The molecule has 3 aliphatic heterocycles. The average Bonchev–Trinajstić information content (AvgIpc) is 4.07. The molecule has 5 aromatic heterocycles. The molecule has 7 aromatic rings. The molecule has 3 aliphatic rings. The van der Waals surface area contributed by atoms with Gasteiger partial charge in [-0.3, -0.25) is 4.79 Å². The topological polar surface area (TPSA) is 177 Å². The molecule has 0 saturated carbocycles. The predicted octanol–water partition coefficient (Wildman–Crippen LogP) is 4.40. The Morgan fingerprint density at radius 1 is 0.933 bits per heavy atom. The lowest BCUT2D eigenvalue weighted by Crippen LogP contribution is -2.47. The van der Waals surface area contributed by atoms with Gasteiger partial charge in [-0.1, -0.05) is 11.3 Å². The van der Waals surface area contributed by atoms with Crippen LogP contribution in [0.3, 0.4) is 0 Å². The summed E-state index contributed by atoms with van der Waals surface area (Å²) in [7, 11) is 3.35. The summed E-state index contributed by atoms with van der Waals surface area (Å²) in [5.74, 6) is 0.617. The number of aromatic amines is 1. The Bertz CT molecular complexity index is 2750. The zero-order valence-corrected chi connectivity index (χ0v) is 32.9. The number of likely N-dealkylation sites (N-methyl/N-ethyl adjacent to an activating group) is 1. The van der Waals surface area contributed by atoms with Crippen LogP contribution >= 0.6 is 0 Å². The highest BCUT2D eigenvalue weighted by Gasteiger charge is 2.41. The second kappa shape index (κ2) is 14.8. The van der Waals surface area contributed by atoms with Gasteiger partial charge in [-0.05, 0) is 56.5 Å². The number of aryl methyl sites for hydroxylation is 1. The summed E-state index contributed by atoms with van der Waals surface area (Å²) in [6.07, 6.45) is 2.87. The Balaban J connectivity index is 1.08. The molecule has 2 aromatic carbocycles. The van der Waals surface area contributed by atoms with Crippen molar-refractivity contribution < 1.29 is 22.7 Å².